The van der Waals surface area contributed by atoms with Gasteiger partial charge in [-0.2, -0.15) is 0 Å². The number of carbonyl (C=O) groups is 1. The molecule has 4 bridgehead atoms. The summed E-state index contributed by atoms with van der Waals surface area (Å²) in [6.45, 7) is 10.7. The second-order valence-electron chi connectivity index (χ2n) is 7.14. The Hall–Kier alpha value is -0.630. The van der Waals surface area contributed by atoms with Crippen LogP contribution in [0.2, 0.25) is 0 Å². The summed E-state index contributed by atoms with van der Waals surface area (Å²) in [4.78, 5) is 11.9. The maximum Gasteiger partial charge on any atom is 0.158 e. The Balaban J connectivity index is 2.07. The number of carbonyl (C=O) groups excluding carboxylic acids is 1. The van der Waals surface area contributed by atoms with E-state index in [1.807, 2.05) is 0 Å². The number of rotatable bonds is 0. The lowest BCUT2D eigenvalue weighted by Crippen LogP contribution is -2.64. The SMILES string of the molecule is C=C1C(=O)CC2C3C1C2(C)CCC(O)C3(C)C. The fourth-order valence-corrected chi connectivity index (χ4v) is 4.97. The van der Waals surface area contributed by atoms with E-state index in [0.717, 1.165) is 18.4 Å². The number of hydrogen-bond acceptors (Lipinski definition) is 2. The number of allylic oxidation sites excluding steroid dienone is 1. The minimum Gasteiger partial charge on any atom is -0.393 e. The molecule has 0 heterocycles. The molecule has 4 aliphatic rings. The molecule has 0 aliphatic heterocycles. The third kappa shape index (κ3) is 1.13. The molecule has 4 saturated carbocycles. The van der Waals surface area contributed by atoms with E-state index in [9.17, 15) is 9.90 Å². The Morgan fingerprint density at radius 1 is 1.35 bits per heavy atom. The van der Waals surface area contributed by atoms with Crippen molar-refractivity contribution in [1.29, 1.82) is 0 Å². The quantitative estimate of drug-likeness (QED) is 0.654. The van der Waals surface area contributed by atoms with Gasteiger partial charge >= 0.3 is 0 Å². The van der Waals surface area contributed by atoms with Crippen LogP contribution in [0.3, 0.4) is 0 Å². The van der Waals surface area contributed by atoms with Crippen molar-refractivity contribution in [2.24, 2.45) is 28.6 Å². The molecule has 17 heavy (non-hydrogen) atoms. The largest absolute Gasteiger partial charge is 0.393 e. The molecule has 0 saturated heterocycles. The van der Waals surface area contributed by atoms with E-state index >= 15 is 0 Å². The Kier molecular flexibility index (Phi) is 2.04. The van der Waals surface area contributed by atoms with Crippen molar-refractivity contribution in [2.75, 3.05) is 0 Å². The molecule has 4 fully saturated rings. The topological polar surface area (TPSA) is 37.3 Å². The van der Waals surface area contributed by atoms with Gasteiger partial charge in [0.15, 0.2) is 5.78 Å². The summed E-state index contributed by atoms with van der Waals surface area (Å²) < 4.78 is 0. The third-order valence-electron chi connectivity index (χ3n) is 6.16. The van der Waals surface area contributed by atoms with E-state index in [-0.39, 0.29) is 22.7 Å². The normalized spacial score (nSPS) is 51.8. The van der Waals surface area contributed by atoms with Crippen molar-refractivity contribution in [3.05, 3.63) is 12.2 Å². The van der Waals surface area contributed by atoms with Crippen molar-refractivity contribution in [3.63, 3.8) is 0 Å². The van der Waals surface area contributed by atoms with Gasteiger partial charge in [-0.05, 0) is 47.0 Å². The van der Waals surface area contributed by atoms with Gasteiger partial charge in [-0.15, -0.1) is 0 Å². The molecule has 4 aliphatic carbocycles. The monoisotopic (exact) mass is 234 g/mol. The highest BCUT2D eigenvalue weighted by Crippen LogP contribution is 2.72. The molecule has 4 rings (SSSR count). The number of hydrogen-bond donors (Lipinski definition) is 1. The lowest BCUT2D eigenvalue weighted by Gasteiger charge is -2.66. The molecule has 0 aromatic rings. The molecule has 5 atom stereocenters. The molecule has 0 aromatic carbocycles. The molecule has 5 unspecified atom stereocenters. The Morgan fingerprint density at radius 2 is 2.00 bits per heavy atom. The first-order valence-electron chi connectivity index (χ1n) is 6.70. The van der Waals surface area contributed by atoms with Gasteiger partial charge in [0.2, 0.25) is 0 Å². The maximum atomic E-state index is 11.9. The van der Waals surface area contributed by atoms with E-state index in [1.165, 1.54) is 0 Å². The standard InChI is InChI=1S/C15H22O2/c1-8-10(16)7-9-13-12(8)15(9,4)6-5-11(17)14(13,2)3/h9,11-13,17H,1,5-7H2,2-4H3. The van der Waals surface area contributed by atoms with Crippen LogP contribution in [0.25, 0.3) is 0 Å². The molecule has 2 heteroatoms. The van der Waals surface area contributed by atoms with Crippen molar-refractivity contribution in [2.45, 2.75) is 46.1 Å². The lowest BCUT2D eigenvalue weighted by atomic mass is 9.37. The van der Waals surface area contributed by atoms with E-state index < -0.39 is 0 Å². The number of aliphatic hydroxyl groups excluding tert-OH is 1. The second kappa shape index (κ2) is 3.03. The van der Waals surface area contributed by atoms with Gasteiger partial charge in [0.1, 0.15) is 0 Å². The Morgan fingerprint density at radius 3 is 2.59 bits per heavy atom. The molecule has 0 amide bonds. The summed E-state index contributed by atoms with van der Waals surface area (Å²) in [7, 11) is 0. The van der Waals surface area contributed by atoms with E-state index in [2.05, 4.69) is 27.4 Å². The summed E-state index contributed by atoms with van der Waals surface area (Å²) >= 11 is 0. The molecule has 94 valence electrons. The summed E-state index contributed by atoms with van der Waals surface area (Å²) in [5.41, 5.74) is 0.988. The van der Waals surface area contributed by atoms with Crippen LogP contribution in [0.4, 0.5) is 0 Å². The Bertz CT molecular complexity index is 409. The zero-order valence-electron chi connectivity index (χ0n) is 11.0. The van der Waals surface area contributed by atoms with Crippen LogP contribution < -0.4 is 0 Å². The van der Waals surface area contributed by atoms with Crippen LogP contribution in [0.5, 0.6) is 0 Å². The number of aliphatic hydroxyl groups is 1. The summed E-state index contributed by atoms with van der Waals surface area (Å²) in [6, 6.07) is 0. The van der Waals surface area contributed by atoms with Crippen molar-refractivity contribution >= 4 is 5.78 Å². The van der Waals surface area contributed by atoms with Crippen molar-refractivity contribution in [3.8, 4) is 0 Å². The fourth-order valence-electron chi connectivity index (χ4n) is 4.97. The lowest BCUT2D eigenvalue weighted by molar-refractivity contribution is -0.174. The van der Waals surface area contributed by atoms with Gasteiger partial charge in [0, 0.05) is 6.42 Å². The van der Waals surface area contributed by atoms with E-state index in [4.69, 9.17) is 0 Å². The van der Waals surface area contributed by atoms with Crippen LogP contribution in [-0.2, 0) is 4.79 Å². The molecule has 2 nitrogen and oxygen atoms in total. The van der Waals surface area contributed by atoms with E-state index in [1.54, 1.807) is 0 Å². The first-order chi connectivity index (χ1) is 7.80. The smallest absolute Gasteiger partial charge is 0.158 e. The second-order valence-corrected chi connectivity index (χ2v) is 7.14. The highest BCUT2D eigenvalue weighted by Gasteiger charge is 2.69. The summed E-state index contributed by atoms with van der Waals surface area (Å²) in [6.07, 6.45) is 2.33. The van der Waals surface area contributed by atoms with Crippen LogP contribution in [0, 0.1) is 28.6 Å². The average molecular weight is 234 g/mol. The van der Waals surface area contributed by atoms with Gasteiger partial charge in [-0.1, -0.05) is 27.4 Å². The van der Waals surface area contributed by atoms with Gasteiger partial charge in [-0.3, -0.25) is 4.79 Å². The van der Waals surface area contributed by atoms with Crippen molar-refractivity contribution < 1.29 is 9.90 Å². The minimum absolute atomic E-state index is 0.0744. The van der Waals surface area contributed by atoms with E-state index in [0.29, 0.717) is 24.2 Å². The summed E-state index contributed by atoms with van der Waals surface area (Å²) in [5, 5.41) is 10.3. The minimum atomic E-state index is -0.233. The maximum absolute atomic E-state index is 11.9. The molecule has 0 radical (unpaired) electrons. The first-order valence-corrected chi connectivity index (χ1v) is 6.70. The zero-order chi connectivity index (χ0) is 12.6. The Labute approximate surface area is 103 Å². The van der Waals surface area contributed by atoms with Crippen LogP contribution in [0.15, 0.2) is 12.2 Å². The fraction of sp³-hybridized carbons (Fsp3) is 0.800. The highest BCUT2D eigenvalue weighted by atomic mass is 16.3. The van der Waals surface area contributed by atoms with Gasteiger partial charge in [0.05, 0.1) is 6.10 Å². The van der Waals surface area contributed by atoms with Gasteiger partial charge in [0.25, 0.3) is 0 Å². The van der Waals surface area contributed by atoms with Crippen LogP contribution in [0.1, 0.15) is 40.0 Å². The van der Waals surface area contributed by atoms with Gasteiger partial charge in [-0.25, -0.2) is 0 Å². The highest BCUT2D eigenvalue weighted by molar-refractivity contribution is 5.98. The van der Waals surface area contributed by atoms with Gasteiger partial charge < -0.3 is 5.11 Å². The van der Waals surface area contributed by atoms with Crippen LogP contribution >= 0.6 is 0 Å². The number of fused-ring (bicyclic) bond motifs is 2. The number of Topliss-reactive ketones (excluding diaryl/α,β-unsaturated/α-hetero) is 1. The molecular formula is C15H22O2. The molecule has 0 aromatic heterocycles. The predicted octanol–water partition coefficient (Wildman–Crippen LogP) is 2.56. The predicted molar refractivity (Wildman–Crippen MR) is 66.4 cm³/mol. The third-order valence-corrected chi connectivity index (χ3v) is 6.16. The van der Waals surface area contributed by atoms with Crippen LogP contribution in [-0.4, -0.2) is 17.0 Å². The summed E-state index contributed by atoms with van der Waals surface area (Å²) in [5.74, 6) is 1.51. The zero-order valence-corrected chi connectivity index (χ0v) is 11.0. The average Bonchev–Trinajstić information content (AvgIpc) is 2.37. The molecular weight excluding hydrogens is 212 g/mol. The molecule has 1 N–H and O–H groups in total. The molecule has 0 spiro atoms. The number of ketones is 1. The first kappa shape index (κ1) is 11.5. The van der Waals surface area contributed by atoms with Crippen molar-refractivity contribution in [1.82, 2.24) is 0 Å².